The van der Waals surface area contributed by atoms with E-state index in [1.54, 1.807) is 44.2 Å². The molecule has 2 aromatic carbocycles. The van der Waals surface area contributed by atoms with Gasteiger partial charge in [-0.1, -0.05) is 76.2 Å². The highest BCUT2D eigenvalue weighted by molar-refractivity contribution is 6.03. The minimum atomic E-state index is -1.94. The van der Waals surface area contributed by atoms with Crippen LogP contribution in [0.15, 0.2) is 66.4 Å². The largest absolute Gasteiger partial charge is 0.508 e. The lowest BCUT2D eigenvalue weighted by molar-refractivity contribution is -0.165. The fraction of sp³-hybridized carbons (Fsp3) is 0.576. The van der Waals surface area contributed by atoms with Crippen molar-refractivity contribution >= 4 is 65.1 Å². The van der Waals surface area contributed by atoms with Gasteiger partial charge in [0.1, 0.15) is 78.2 Å². The second-order valence-corrected chi connectivity index (χ2v) is 22.0. The lowest BCUT2D eigenvalue weighted by Gasteiger charge is -2.43. The molecule has 24 heteroatoms. The number of rotatable bonds is 16. The van der Waals surface area contributed by atoms with E-state index >= 15 is 4.79 Å². The lowest BCUT2D eigenvalue weighted by Crippen LogP contribution is -2.64. The number of hydrogen-bond acceptors (Lipinski definition) is 15. The third kappa shape index (κ3) is 16.0. The summed E-state index contributed by atoms with van der Waals surface area (Å²) in [5.41, 5.74) is 0.618. The number of likely N-dealkylation sites (tertiary alicyclic amines) is 2. The van der Waals surface area contributed by atoms with Crippen molar-refractivity contribution in [3.05, 3.63) is 77.5 Å². The Bertz CT molecular complexity index is 2740. The Morgan fingerprint density at radius 2 is 1.36 bits per heavy atom. The molecule has 11 atom stereocenters. The summed E-state index contributed by atoms with van der Waals surface area (Å²) in [6.07, 6.45) is -1.23. The van der Waals surface area contributed by atoms with Crippen LogP contribution < -0.4 is 26.6 Å². The first-order chi connectivity index (χ1) is 39.5. The smallest absolute Gasteiger partial charge is 0.329 e. The van der Waals surface area contributed by atoms with Gasteiger partial charge in [-0.25, -0.2) is 9.59 Å². The molecule has 0 saturated carbocycles. The average molecular weight is 1160 g/mol. The summed E-state index contributed by atoms with van der Waals surface area (Å²) in [6, 6.07) is 2.94. The number of cyclic esters (lactones) is 1. The number of aromatic hydroxyl groups is 1. The summed E-state index contributed by atoms with van der Waals surface area (Å²) in [6.45, 7) is 11.4. The SMILES string of the molecule is C/C=C1/NC(=O)[C@@H](NC(=O)[C@@H](NC(=O)C2CCCN2C(=O)CCC)[C@H](C)OC(=O)C2CCCN2C(=O)CCC)[C@@H](C)OC(=O)[C@H](C(C)C)NC(=O)[C@H](Cc2ccc(O)cc2)N(C)C(=O)[C@H](Cc2ccccc2)N2C(=O)[C@H](CC[C@H]2O)NC1=O. The summed E-state index contributed by atoms with van der Waals surface area (Å²) < 4.78 is 11.8. The topological polar surface area (TPSA) is 320 Å². The van der Waals surface area contributed by atoms with Crippen molar-refractivity contribution in [2.75, 3.05) is 20.1 Å². The number of aliphatic hydroxyl groups excluding tert-OH is 1. The Morgan fingerprint density at radius 1 is 0.771 bits per heavy atom. The third-order valence-corrected chi connectivity index (χ3v) is 15.6. The van der Waals surface area contributed by atoms with Crippen molar-refractivity contribution in [2.24, 2.45) is 5.92 Å². The maximum Gasteiger partial charge on any atom is 0.329 e. The number of amides is 9. The van der Waals surface area contributed by atoms with Crippen molar-refractivity contribution in [1.29, 1.82) is 0 Å². The molecule has 0 aliphatic carbocycles. The number of benzene rings is 2. The van der Waals surface area contributed by atoms with Crippen LogP contribution in [0.4, 0.5) is 0 Å². The first-order valence-corrected chi connectivity index (χ1v) is 28.8. The van der Waals surface area contributed by atoms with E-state index in [1.807, 2.05) is 13.8 Å². The van der Waals surface area contributed by atoms with Gasteiger partial charge in [0.15, 0.2) is 0 Å². The minimum Gasteiger partial charge on any atom is -0.508 e. The number of hydrogen-bond donors (Lipinski definition) is 7. The molecule has 7 N–H and O–H groups in total. The molecule has 83 heavy (non-hydrogen) atoms. The number of phenolic OH excluding ortho intramolecular Hbond substituents is 1. The van der Waals surface area contributed by atoms with E-state index in [1.165, 1.54) is 68.0 Å². The predicted octanol–water partition coefficient (Wildman–Crippen LogP) is 1.39. The molecule has 2 bridgehead atoms. The van der Waals surface area contributed by atoms with Crippen LogP contribution in [0.25, 0.3) is 0 Å². The van der Waals surface area contributed by atoms with Gasteiger partial charge in [0.25, 0.3) is 11.8 Å². The predicted molar refractivity (Wildman–Crippen MR) is 299 cm³/mol. The lowest BCUT2D eigenvalue weighted by atomic mass is 9.95. The van der Waals surface area contributed by atoms with Crippen molar-refractivity contribution in [1.82, 2.24) is 46.2 Å². The van der Waals surface area contributed by atoms with E-state index in [0.717, 1.165) is 9.80 Å². The minimum absolute atomic E-state index is 0.0758. The van der Waals surface area contributed by atoms with E-state index in [4.69, 9.17) is 9.47 Å². The fourth-order valence-corrected chi connectivity index (χ4v) is 10.9. The zero-order chi connectivity index (χ0) is 60.8. The highest BCUT2D eigenvalue weighted by Crippen LogP contribution is 2.27. The van der Waals surface area contributed by atoms with E-state index in [2.05, 4.69) is 26.6 Å². The van der Waals surface area contributed by atoms with E-state index in [0.29, 0.717) is 43.4 Å². The number of carbonyl (C=O) groups is 11. The number of likely N-dealkylation sites (N-methyl/N-ethyl adjacent to an activating group) is 1. The molecular weight excluding hydrogens is 1070 g/mol. The highest BCUT2D eigenvalue weighted by Gasteiger charge is 2.47. The Kier molecular flexibility index (Phi) is 22.8. The number of nitrogens with one attached hydrogen (secondary N) is 5. The number of esters is 2. The molecule has 0 radical (unpaired) electrons. The Balaban J connectivity index is 1.40. The summed E-state index contributed by atoms with van der Waals surface area (Å²) in [5, 5.41) is 34.7. The van der Waals surface area contributed by atoms with Crippen LogP contribution in [0.1, 0.15) is 124 Å². The van der Waals surface area contributed by atoms with Gasteiger partial charge in [-0.15, -0.1) is 0 Å². The molecule has 24 nitrogen and oxygen atoms in total. The second-order valence-electron chi connectivity index (χ2n) is 22.0. The Hall–Kier alpha value is -7.89. The number of aliphatic hydroxyl groups is 1. The number of allylic oxidation sites excluding steroid dienone is 1. The monoisotopic (exact) mass is 1160 g/mol. The first-order valence-electron chi connectivity index (χ1n) is 28.8. The van der Waals surface area contributed by atoms with Crippen LogP contribution in [0.5, 0.6) is 5.75 Å². The van der Waals surface area contributed by atoms with Gasteiger partial charge < -0.3 is 65.9 Å². The van der Waals surface area contributed by atoms with Crippen LogP contribution in [-0.4, -0.2) is 182 Å². The number of nitrogens with zero attached hydrogens (tertiary/aromatic N) is 4. The number of ether oxygens (including phenoxy) is 2. The molecule has 4 fully saturated rings. The highest BCUT2D eigenvalue weighted by atomic mass is 16.6. The van der Waals surface area contributed by atoms with E-state index in [-0.39, 0.29) is 75.5 Å². The number of fused-ring (bicyclic) bond motifs is 2. The molecule has 4 aliphatic rings. The van der Waals surface area contributed by atoms with Crippen LogP contribution in [0.2, 0.25) is 0 Å². The quantitative estimate of drug-likeness (QED) is 0.0923. The van der Waals surface area contributed by atoms with Gasteiger partial charge in [0.05, 0.1) is 0 Å². The van der Waals surface area contributed by atoms with Crippen molar-refractivity contribution in [2.45, 2.75) is 192 Å². The molecule has 0 aromatic heterocycles. The van der Waals surface area contributed by atoms with Crippen LogP contribution in [0.3, 0.4) is 0 Å². The molecule has 452 valence electrons. The van der Waals surface area contributed by atoms with Gasteiger partial charge in [-0.2, -0.15) is 0 Å². The van der Waals surface area contributed by atoms with E-state index in [9.17, 15) is 58.2 Å². The fourth-order valence-electron chi connectivity index (χ4n) is 10.9. The summed E-state index contributed by atoms with van der Waals surface area (Å²) in [4.78, 5) is 163. The second kappa shape index (κ2) is 29.4. The van der Waals surface area contributed by atoms with Gasteiger partial charge in [0.2, 0.25) is 41.4 Å². The zero-order valence-corrected chi connectivity index (χ0v) is 48.6. The molecule has 2 unspecified atom stereocenters. The summed E-state index contributed by atoms with van der Waals surface area (Å²) in [5.74, 6) is -9.90. The summed E-state index contributed by atoms with van der Waals surface area (Å²) in [7, 11) is 1.34. The van der Waals surface area contributed by atoms with Crippen molar-refractivity contribution in [3.8, 4) is 5.75 Å². The standard InChI is InChI=1S/C59H81N9O15/c1-9-17-45(70)66-29-15-21-41(66)52(74)63-50(34(6)82-58(80)42-22-16-30-67(42)46(71)18-10-2)55(77)64-49-35(7)83-59(81)48(33(4)5)62-53(75)43(31-37-23-25-38(69)26-24-37)65(8)57(79)44(32-36-19-13-12-14-20-36)68-47(72)28-27-40(56(68)78)61-51(73)39(11-3)60-54(49)76/h11-14,19-20,23-26,33-35,40-44,47-50,69,72H,9-10,15-18,21-22,27-32H2,1-8H3,(H,60,76)(H,61,73)(H,62,75)(H,63,74)(H,64,77)/b39-11+/t34-,35+,40-,41?,42?,43-,44-,47+,48-,49-,50-/m0/s1. The maximum atomic E-state index is 15.1. The number of piperidine rings is 1. The normalized spacial score (nSPS) is 26.2. The number of phenols is 1. The molecule has 2 aromatic rings. The van der Waals surface area contributed by atoms with Crippen molar-refractivity contribution in [3.63, 3.8) is 0 Å². The Labute approximate surface area is 483 Å². The average Bonchev–Trinajstić information content (AvgIpc) is 4.34. The van der Waals surface area contributed by atoms with Crippen LogP contribution in [-0.2, 0) is 75.1 Å². The molecule has 4 aliphatic heterocycles. The maximum absolute atomic E-state index is 15.1. The Morgan fingerprint density at radius 3 is 1.96 bits per heavy atom. The first kappa shape index (κ1) is 64.3. The summed E-state index contributed by atoms with van der Waals surface area (Å²) >= 11 is 0. The third-order valence-electron chi connectivity index (χ3n) is 15.6. The van der Waals surface area contributed by atoms with Gasteiger partial charge >= 0.3 is 11.9 Å². The molecule has 0 spiro atoms. The van der Waals surface area contributed by atoms with Crippen molar-refractivity contribution < 1.29 is 72.4 Å². The molecule has 9 amide bonds. The van der Waals surface area contributed by atoms with Gasteiger partial charge in [0, 0.05) is 45.8 Å². The molecular formula is C59H81N9O15. The molecule has 6 rings (SSSR count). The molecule has 4 heterocycles. The van der Waals surface area contributed by atoms with Gasteiger partial charge in [-0.05, 0) is 101 Å². The van der Waals surface area contributed by atoms with Crippen LogP contribution >= 0.6 is 0 Å². The number of carbonyl (C=O) groups excluding carboxylic acids is 11. The van der Waals surface area contributed by atoms with Crippen LogP contribution in [0, 0.1) is 5.92 Å². The molecule has 4 saturated heterocycles. The zero-order valence-electron chi connectivity index (χ0n) is 48.6. The van der Waals surface area contributed by atoms with Gasteiger partial charge in [-0.3, -0.25) is 43.2 Å². The van der Waals surface area contributed by atoms with E-state index < -0.39 is 132 Å².